The van der Waals surface area contributed by atoms with Gasteiger partial charge in [0.1, 0.15) is 0 Å². The second-order valence-electron chi connectivity index (χ2n) is 2.82. The maximum Gasteiger partial charge on any atom is 0.0589 e. The van der Waals surface area contributed by atoms with Crippen LogP contribution in [0, 0.1) is 0 Å². The van der Waals surface area contributed by atoms with Crippen LogP contribution >= 0.6 is 0 Å². The van der Waals surface area contributed by atoms with Gasteiger partial charge >= 0.3 is 0 Å². The summed E-state index contributed by atoms with van der Waals surface area (Å²) in [5.41, 5.74) is 6.52. The summed E-state index contributed by atoms with van der Waals surface area (Å²) in [6.07, 6.45) is 0. The van der Waals surface area contributed by atoms with Crippen LogP contribution in [-0.2, 0) is 4.74 Å². The summed E-state index contributed by atoms with van der Waals surface area (Å²) in [7, 11) is 1.71. The molecular formula is C9H20N2O. The molecule has 12 heavy (non-hydrogen) atoms. The van der Waals surface area contributed by atoms with Crippen LogP contribution in [0.25, 0.3) is 0 Å². The quantitative estimate of drug-likeness (QED) is 0.567. The first-order valence-electron chi connectivity index (χ1n) is 4.32. The molecule has 3 heteroatoms. The summed E-state index contributed by atoms with van der Waals surface area (Å²) in [6.45, 7) is 10.2. The molecule has 3 nitrogen and oxygen atoms in total. The molecule has 72 valence electrons. The van der Waals surface area contributed by atoms with Crippen LogP contribution in [-0.4, -0.2) is 44.8 Å². The number of nitrogens with two attached hydrogens (primary N) is 1. The molecule has 0 fully saturated rings. The molecule has 0 aromatic heterocycles. The van der Waals surface area contributed by atoms with Gasteiger partial charge in [0.2, 0.25) is 0 Å². The Labute approximate surface area is 75.2 Å². The molecule has 0 rings (SSSR count). The van der Waals surface area contributed by atoms with Gasteiger partial charge in [0, 0.05) is 26.7 Å². The maximum atomic E-state index is 5.45. The number of methoxy groups -OCH3 is 1. The van der Waals surface area contributed by atoms with Gasteiger partial charge in [-0.2, -0.15) is 0 Å². The molecule has 0 bridgehead atoms. The minimum absolute atomic E-state index is 0.573. The van der Waals surface area contributed by atoms with E-state index in [-0.39, 0.29) is 0 Å². The minimum atomic E-state index is 0.573. The zero-order chi connectivity index (χ0) is 9.40. The number of nitrogens with zero attached hydrogens (tertiary/aromatic N) is 1. The van der Waals surface area contributed by atoms with E-state index in [1.165, 1.54) is 0 Å². The summed E-state index contributed by atoms with van der Waals surface area (Å²) < 4.78 is 4.99. The minimum Gasteiger partial charge on any atom is -0.383 e. The third-order valence-corrected chi connectivity index (χ3v) is 1.79. The summed E-state index contributed by atoms with van der Waals surface area (Å²) in [5.74, 6) is 0. The Bertz CT molecular complexity index is 126. The topological polar surface area (TPSA) is 38.5 Å². The third kappa shape index (κ3) is 5.29. The summed E-state index contributed by atoms with van der Waals surface area (Å²) in [6, 6.07) is 0. The van der Waals surface area contributed by atoms with E-state index in [1.54, 1.807) is 7.11 Å². The van der Waals surface area contributed by atoms with Crippen LogP contribution in [0.1, 0.15) is 6.92 Å². The van der Waals surface area contributed by atoms with Gasteiger partial charge in [-0.25, -0.2) is 0 Å². The van der Waals surface area contributed by atoms with Crippen molar-refractivity contribution in [2.45, 2.75) is 6.92 Å². The first kappa shape index (κ1) is 11.6. The fraction of sp³-hybridized carbons (Fsp3) is 0.778. The molecule has 0 aromatic carbocycles. The van der Waals surface area contributed by atoms with Crippen molar-refractivity contribution >= 4 is 0 Å². The highest BCUT2D eigenvalue weighted by molar-refractivity contribution is 4.98. The normalized spacial score (nSPS) is 10.7. The van der Waals surface area contributed by atoms with Crippen LogP contribution < -0.4 is 5.73 Å². The summed E-state index contributed by atoms with van der Waals surface area (Å²) in [4.78, 5) is 2.26. The van der Waals surface area contributed by atoms with E-state index in [0.29, 0.717) is 6.54 Å². The highest BCUT2D eigenvalue weighted by Gasteiger charge is 2.02. The molecule has 0 saturated heterocycles. The summed E-state index contributed by atoms with van der Waals surface area (Å²) in [5, 5.41) is 0. The van der Waals surface area contributed by atoms with Crippen molar-refractivity contribution in [3.8, 4) is 0 Å². The zero-order valence-electron chi connectivity index (χ0n) is 8.18. The predicted octanol–water partition coefficient (Wildman–Crippen LogP) is 0.470. The van der Waals surface area contributed by atoms with Crippen molar-refractivity contribution in [3.63, 3.8) is 0 Å². The Balaban J connectivity index is 3.59. The Morgan fingerprint density at radius 1 is 1.58 bits per heavy atom. The number of ether oxygens (including phenoxy) is 1. The second kappa shape index (κ2) is 7.28. The van der Waals surface area contributed by atoms with Crippen molar-refractivity contribution in [2.24, 2.45) is 5.73 Å². The fourth-order valence-corrected chi connectivity index (χ4v) is 0.950. The molecule has 0 unspecified atom stereocenters. The van der Waals surface area contributed by atoms with Gasteiger partial charge in [-0.1, -0.05) is 13.5 Å². The van der Waals surface area contributed by atoms with Gasteiger partial charge in [0.15, 0.2) is 0 Å². The summed E-state index contributed by atoms with van der Waals surface area (Å²) >= 11 is 0. The van der Waals surface area contributed by atoms with E-state index in [4.69, 9.17) is 10.5 Å². The Hall–Kier alpha value is -0.380. The molecule has 0 aliphatic rings. The SMILES string of the molecule is C=C(CN)CN(CC)CCOC. The fourth-order valence-electron chi connectivity index (χ4n) is 0.950. The highest BCUT2D eigenvalue weighted by Crippen LogP contribution is 1.94. The van der Waals surface area contributed by atoms with E-state index in [9.17, 15) is 0 Å². The lowest BCUT2D eigenvalue weighted by molar-refractivity contribution is 0.156. The van der Waals surface area contributed by atoms with Crippen LogP contribution in [0.4, 0.5) is 0 Å². The van der Waals surface area contributed by atoms with Crippen molar-refractivity contribution in [1.29, 1.82) is 0 Å². The van der Waals surface area contributed by atoms with Gasteiger partial charge in [0.05, 0.1) is 6.61 Å². The molecule has 0 spiro atoms. The molecule has 0 radical (unpaired) electrons. The monoisotopic (exact) mass is 172 g/mol. The van der Waals surface area contributed by atoms with Gasteiger partial charge in [0.25, 0.3) is 0 Å². The lowest BCUT2D eigenvalue weighted by atomic mass is 10.3. The van der Waals surface area contributed by atoms with Gasteiger partial charge in [-0.3, -0.25) is 4.90 Å². The Kier molecular flexibility index (Phi) is 7.05. The average molecular weight is 172 g/mol. The van der Waals surface area contributed by atoms with E-state index in [2.05, 4.69) is 18.4 Å². The molecule has 0 aliphatic heterocycles. The van der Waals surface area contributed by atoms with Gasteiger partial charge in [-0.15, -0.1) is 0 Å². The zero-order valence-corrected chi connectivity index (χ0v) is 8.18. The molecule has 0 saturated carbocycles. The van der Waals surface area contributed by atoms with E-state index in [0.717, 1.165) is 31.8 Å². The molecule has 0 atom stereocenters. The smallest absolute Gasteiger partial charge is 0.0589 e. The van der Waals surface area contributed by atoms with E-state index >= 15 is 0 Å². The largest absolute Gasteiger partial charge is 0.383 e. The standard InChI is InChI=1S/C9H20N2O/c1-4-11(5-6-12-3)8-9(2)7-10/h2,4-8,10H2,1,3H3. The number of hydrogen-bond donors (Lipinski definition) is 1. The van der Waals surface area contributed by atoms with Gasteiger partial charge < -0.3 is 10.5 Å². The van der Waals surface area contributed by atoms with Crippen LogP contribution in [0.2, 0.25) is 0 Å². The first-order chi connectivity index (χ1) is 5.74. The first-order valence-corrected chi connectivity index (χ1v) is 4.32. The number of rotatable bonds is 7. The highest BCUT2D eigenvalue weighted by atomic mass is 16.5. The number of likely N-dealkylation sites (N-methyl/N-ethyl adjacent to an activating group) is 1. The molecule has 0 amide bonds. The molecule has 0 aromatic rings. The predicted molar refractivity (Wildman–Crippen MR) is 52.2 cm³/mol. The Morgan fingerprint density at radius 3 is 2.67 bits per heavy atom. The molecular weight excluding hydrogens is 152 g/mol. The van der Waals surface area contributed by atoms with Crippen LogP contribution in [0.15, 0.2) is 12.2 Å². The molecule has 0 heterocycles. The average Bonchev–Trinajstić information content (AvgIpc) is 2.11. The lowest BCUT2D eigenvalue weighted by Gasteiger charge is -2.20. The second-order valence-corrected chi connectivity index (χ2v) is 2.82. The van der Waals surface area contributed by atoms with Gasteiger partial charge in [-0.05, 0) is 12.1 Å². The van der Waals surface area contributed by atoms with E-state index < -0.39 is 0 Å². The number of hydrogen-bond acceptors (Lipinski definition) is 3. The lowest BCUT2D eigenvalue weighted by Crippen LogP contribution is -2.30. The van der Waals surface area contributed by atoms with E-state index in [1.807, 2.05) is 0 Å². The van der Waals surface area contributed by atoms with Crippen molar-refractivity contribution < 1.29 is 4.74 Å². The third-order valence-electron chi connectivity index (χ3n) is 1.79. The molecule has 0 aliphatic carbocycles. The maximum absolute atomic E-state index is 5.45. The molecule has 2 N–H and O–H groups in total. The van der Waals surface area contributed by atoms with Crippen LogP contribution in [0.3, 0.4) is 0 Å². The van der Waals surface area contributed by atoms with Crippen molar-refractivity contribution in [3.05, 3.63) is 12.2 Å². The van der Waals surface area contributed by atoms with Crippen molar-refractivity contribution in [2.75, 3.05) is 39.9 Å². The Morgan fingerprint density at radius 2 is 2.25 bits per heavy atom. The van der Waals surface area contributed by atoms with Crippen LogP contribution in [0.5, 0.6) is 0 Å². The van der Waals surface area contributed by atoms with Crippen molar-refractivity contribution in [1.82, 2.24) is 4.90 Å².